The zero-order valence-electron chi connectivity index (χ0n) is 9.12. The Bertz CT molecular complexity index is 377. The van der Waals surface area contributed by atoms with Crippen molar-refractivity contribution in [3.63, 3.8) is 0 Å². The highest BCUT2D eigenvalue weighted by atomic mass is 35.5. The van der Waals surface area contributed by atoms with Gasteiger partial charge in [0.2, 0.25) is 0 Å². The van der Waals surface area contributed by atoms with E-state index in [2.05, 4.69) is 0 Å². The van der Waals surface area contributed by atoms with Crippen LogP contribution in [0.25, 0.3) is 0 Å². The summed E-state index contributed by atoms with van der Waals surface area (Å²) in [6.07, 6.45) is 0. The number of nitrogen functional groups attached to an aromatic ring is 1. The van der Waals surface area contributed by atoms with Crippen molar-refractivity contribution in [3.8, 4) is 0 Å². The van der Waals surface area contributed by atoms with Gasteiger partial charge in [-0.25, -0.2) is 0 Å². The lowest BCUT2D eigenvalue weighted by Crippen LogP contribution is -2.33. The number of nitrogens with zero attached hydrogens (tertiary/aromatic N) is 1. The van der Waals surface area contributed by atoms with Crippen molar-refractivity contribution in [1.29, 1.82) is 0 Å². The van der Waals surface area contributed by atoms with E-state index in [0.717, 1.165) is 0 Å². The molecule has 0 heterocycles. The van der Waals surface area contributed by atoms with E-state index in [1.165, 1.54) is 0 Å². The summed E-state index contributed by atoms with van der Waals surface area (Å²) in [6, 6.07) is 5.06. The van der Waals surface area contributed by atoms with Crippen LogP contribution in [0.5, 0.6) is 0 Å². The average molecular weight is 227 g/mol. The number of nitrogens with two attached hydrogens (primary N) is 1. The summed E-state index contributed by atoms with van der Waals surface area (Å²) in [4.78, 5) is 13.6. The molecule has 15 heavy (non-hydrogen) atoms. The minimum absolute atomic E-state index is 0.0880. The molecule has 2 N–H and O–H groups in total. The van der Waals surface area contributed by atoms with Gasteiger partial charge in [0.15, 0.2) is 0 Å². The van der Waals surface area contributed by atoms with E-state index in [0.29, 0.717) is 16.3 Å². The van der Waals surface area contributed by atoms with Crippen molar-refractivity contribution in [2.75, 3.05) is 12.8 Å². The van der Waals surface area contributed by atoms with Gasteiger partial charge in [0, 0.05) is 18.8 Å². The number of hydrogen-bond donors (Lipinski definition) is 1. The second-order valence-electron chi connectivity index (χ2n) is 3.75. The Morgan fingerprint density at radius 3 is 2.53 bits per heavy atom. The first-order valence-electron chi connectivity index (χ1n) is 4.75. The number of carbonyl (C=O) groups is 1. The molecule has 0 aliphatic rings. The SMILES string of the molecule is CC(C)N(C)C(=O)c1ccc(N)cc1Cl. The number of carbonyl (C=O) groups excluding carboxylic acids is 1. The van der Waals surface area contributed by atoms with E-state index < -0.39 is 0 Å². The minimum Gasteiger partial charge on any atom is -0.399 e. The molecule has 0 radical (unpaired) electrons. The van der Waals surface area contributed by atoms with Crippen molar-refractivity contribution >= 4 is 23.2 Å². The Morgan fingerprint density at radius 1 is 1.47 bits per heavy atom. The summed E-state index contributed by atoms with van der Waals surface area (Å²) in [6.45, 7) is 3.90. The highest BCUT2D eigenvalue weighted by molar-refractivity contribution is 6.34. The van der Waals surface area contributed by atoms with Gasteiger partial charge < -0.3 is 10.6 Å². The molecule has 0 fully saturated rings. The first-order valence-corrected chi connectivity index (χ1v) is 5.13. The van der Waals surface area contributed by atoms with Crippen LogP contribution in [0.3, 0.4) is 0 Å². The van der Waals surface area contributed by atoms with E-state index in [-0.39, 0.29) is 11.9 Å². The lowest BCUT2D eigenvalue weighted by molar-refractivity contribution is 0.0755. The highest BCUT2D eigenvalue weighted by Crippen LogP contribution is 2.20. The largest absolute Gasteiger partial charge is 0.399 e. The van der Waals surface area contributed by atoms with Gasteiger partial charge in [0.05, 0.1) is 10.6 Å². The molecule has 1 aromatic rings. The monoisotopic (exact) mass is 226 g/mol. The molecular weight excluding hydrogens is 212 g/mol. The summed E-state index contributed by atoms with van der Waals surface area (Å²) in [7, 11) is 1.75. The van der Waals surface area contributed by atoms with Crippen molar-refractivity contribution < 1.29 is 4.79 Å². The summed E-state index contributed by atoms with van der Waals surface area (Å²) in [5.41, 5.74) is 6.60. The van der Waals surface area contributed by atoms with E-state index in [4.69, 9.17) is 17.3 Å². The summed E-state index contributed by atoms with van der Waals surface area (Å²) in [5.74, 6) is -0.0880. The Labute approximate surface area is 94.8 Å². The molecule has 4 heteroatoms. The molecular formula is C11H15ClN2O. The average Bonchev–Trinajstić information content (AvgIpc) is 2.15. The van der Waals surface area contributed by atoms with Crippen LogP contribution in [-0.2, 0) is 0 Å². The Kier molecular flexibility index (Phi) is 3.58. The van der Waals surface area contributed by atoms with E-state index in [1.807, 2.05) is 13.8 Å². The van der Waals surface area contributed by atoms with Gasteiger partial charge in [-0.05, 0) is 32.0 Å². The molecule has 0 saturated heterocycles. The van der Waals surface area contributed by atoms with Crippen LogP contribution in [0.15, 0.2) is 18.2 Å². The summed E-state index contributed by atoms with van der Waals surface area (Å²) < 4.78 is 0. The van der Waals surface area contributed by atoms with Gasteiger partial charge in [0.1, 0.15) is 0 Å². The predicted molar refractivity (Wildman–Crippen MR) is 63.1 cm³/mol. The van der Waals surface area contributed by atoms with Crippen LogP contribution in [0, 0.1) is 0 Å². The number of rotatable bonds is 2. The van der Waals surface area contributed by atoms with Crippen LogP contribution in [0.4, 0.5) is 5.69 Å². The molecule has 0 aromatic heterocycles. The van der Waals surface area contributed by atoms with Crippen LogP contribution < -0.4 is 5.73 Å². The van der Waals surface area contributed by atoms with Crippen LogP contribution in [-0.4, -0.2) is 23.9 Å². The van der Waals surface area contributed by atoms with Gasteiger partial charge in [-0.1, -0.05) is 11.6 Å². The lowest BCUT2D eigenvalue weighted by atomic mass is 10.1. The highest BCUT2D eigenvalue weighted by Gasteiger charge is 2.16. The van der Waals surface area contributed by atoms with Crippen LogP contribution >= 0.6 is 11.6 Å². The normalized spacial score (nSPS) is 10.5. The maximum Gasteiger partial charge on any atom is 0.255 e. The maximum absolute atomic E-state index is 11.9. The van der Waals surface area contributed by atoms with Crippen LogP contribution in [0.1, 0.15) is 24.2 Å². The van der Waals surface area contributed by atoms with Gasteiger partial charge in [-0.3, -0.25) is 4.79 Å². The maximum atomic E-state index is 11.9. The number of anilines is 1. The van der Waals surface area contributed by atoms with E-state index in [1.54, 1.807) is 30.1 Å². The zero-order valence-corrected chi connectivity index (χ0v) is 9.88. The molecule has 1 amide bonds. The van der Waals surface area contributed by atoms with Gasteiger partial charge in [0.25, 0.3) is 5.91 Å². The third-order valence-electron chi connectivity index (χ3n) is 2.32. The van der Waals surface area contributed by atoms with Crippen molar-refractivity contribution in [2.45, 2.75) is 19.9 Å². The predicted octanol–water partition coefficient (Wildman–Crippen LogP) is 2.40. The molecule has 0 unspecified atom stereocenters. The molecule has 0 aliphatic heterocycles. The number of hydrogen-bond acceptors (Lipinski definition) is 2. The fraction of sp³-hybridized carbons (Fsp3) is 0.364. The lowest BCUT2D eigenvalue weighted by Gasteiger charge is -2.22. The summed E-state index contributed by atoms with van der Waals surface area (Å²) >= 11 is 5.95. The smallest absolute Gasteiger partial charge is 0.255 e. The second kappa shape index (κ2) is 4.53. The standard InChI is InChI=1S/C11H15ClN2O/c1-7(2)14(3)11(15)9-5-4-8(13)6-10(9)12/h4-7H,13H2,1-3H3. The first-order chi connectivity index (χ1) is 6.93. The number of halogens is 1. The Morgan fingerprint density at radius 2 is 2.07 bits per heavy atom. The molecule has 0 aliphatic carbocycles. The van der Waals surface area contributed by atoms with E-state index in [9.17, 15) is 4.79 Å². The molecule has 0 saturated carbocycles. The molecule has 0 spiro atoms. The first kappa shape index (κ1) is 11.9. The number of amides is 1. The molecule has 1 rings (SSSR count). The fourth-order valence-electron chi connectivity index (χ4n) is 1.13. The topological polar surface area (TPSA) is 46.3 Å². The number of benzene rings is 1. The molecule has 3 nitrogen and oxygen atoms in total. The van der Waals surface area contributed by atoms with Crippen LogP contribution in [0.2, 0.25) is 5.02 Å². The Balaban J connectivity index is 3.01. The van der Waals surface area contributed by atoms with E-state index >= 15 is 0 Å². The quantitative estimate of drug-likeness (QED) is 0.788. The van der Waals surface area contributed by atoms with Gasteiger partial charge in [-0.15, -0.1) is 0 Å². The minimum atomic E-state index is -0.0880. The zero-order chi connectivity index (χ0) is 11.6. The molecule has 0 atom stereocenters. The van der Waals surface area contributed by atoms with Gasteiger partial charge >= 0.3 is 0 Å². The Hall–Kier alpha value is -1.22. The fourth-order valence-corrected chi connectivity index (χ4v) is 1.40. The molecule has 1 aromatic carbocycles. The third kappa shape index (κ3) is 2.63. The third-order valence-corrected chi connectivity index (χ3v) is 2.63. The van der Waals surface area contributed by atoms with Gasteiger partial charge in [-0.2, -0.15) is 0 Å². The molecule has 0 bridgehead atoms. The second-order valence-corrected chi connectivity index (χ2v) is 4.16. The summed E-state index contributed by atoms with van der Waals surface area (Å²) in [5, 5.41) is 0.396. The molecule has 82 valence electrons. The van der Waals surface area contributed by atoms with Crippen molar-refractivity contribution in [3.05, 3.63) is 28.8 Å². The van der Waals surface area contributed by atoms with Crippen molar-refractivity contribution in [2.24, 2.45) is 0 Å². The van der Waals surface area contributed by atoms with Crippen molar-refractivity contribution in [1.82, 2.24) is 4.90 Å².